The van der Waals surface area contributed by atoms with Crippen molar-refractivity contribution in [3.05, 3.63) is 66.0 Å². The van der Waals surface area contributed by atoms with Crippen LogP contribution in [-0.4, -0.2) is 17.3 Å². The number of hydrogen-bond acceptors (Lipinski definition) is 4. The van der Waals surface area contributed by atoms with Crippen molar-refractivity contribution in [2.45, 2.75) is 6.42 Å². The predicted molar refractivity (Wildman–Crippen MR) is 71.7 cm³/mol. The van der Waals surface area contributed by atoms with E-state index in [9.17, 15) is 14.9 Å². The Kier molecular flexibility index (Phi) is 4.49. The average molecular weight is 257 g/mol. The van der Waals surface area contributed by atoms with Crippen LogP contribution in [-0.2, 0) is 4.79 Å². The molecule has 0 heterocycles. The third-order valence-corrected chi connectivity index (χ3v) is 2.74. The minimum absolute atomic E-state index is 0.0541. The standard InChI is InChI=1S/C14H13N2O3/c17-14(11-3-1-2-4-11)9-10-15-12-5-7-13(8-6-12)16(18)19/h1-8,15H,9-10H2. The van der Waals surface area contributed by atoms with Gasteiger partial charge >= 0.3 is 0 Å². The molecule has 1 saturated carbocycles. The first-order chi connectivity index (χ1) is 9.16. The van der Waals surface area contributed by atoms with E-state index in [4.69, 9.17) is 0 Å². The van der Waals surface area contributed by atoms with Crippen molar-refractivity contribution in [1.82, 2.24) is 0 Å². The maximum Gasteiger partial charge on any atom is 0.269 e. The van der Waals surface area contributed by atoms with Crippen LogP contribution in [0.25, 0.3) is 0 Å². The normalized spacial score (nSPS) is 15.4. The fourth-order valence-electron chi connectivity index (χ4n) is 1.73. The average Bonchev–Trinajstić information content (AvgIpc) is 2.93. The fraction of sp³-hybridized carbons (Fsp3) is 0.143. The van der Waals surface area contributed by atoms with Gasteiger partial charge in [0.1, 0.15) is 5.78 Å². The molecule has 1 aromatic rings. The Labute approximate surface area is 112 Å². The van der Waals surface area contributed by atoms with Gasteiger partial charge in [-0.3, -0.25) is 14.9 Å². The van der Waals surface area contributed by atoms with Crippen molar-refractivity contribution < 1.29 is 9.72 Å². The Hall–Kier alpha value is -1.91. The summed E-state index contributed by atoms with van der Waals surface area (Å²) in [6.45, 7) is 0.502. The molecule has 0 aromatic heterocycles. The van der Waals surface area contributed by atoms with Crippen LogP contribution in [0.15, 0.2) is 24.3 Å². The monoisotopic (exact) mass is 257 g/mol. The number of hydrogen-bond donors (Lipinski definition) is 1. The summed E-state index contributed by atoms with van der Waals surface area (Å²) in [5, 5.41) is 13.5. The van der Waals surface area contributed by atoms with Crippen LogP contribution in [0.1, 0.15) is 6.42 Å². The Morgan fingerprint density at radius 2 is 1.79 bits per heavy atom. The van der Waals surface area contributed by atoms with Crippen LogP contribution in [0, 0.1) is 41.7 Å². The summed E-state index contributed by atoms with van der Waals surface area (Å²) >= 11 is 0. The van der Waals surface area contributed by atoms with Gasteiger partial charge in [-0.1, -0.05) is 0 Å². The second-order valence-electron chi connectivity index (χ2n) is 4.08. The maximum absolute atomic E-state index is 11.7. The van der Waals surface area contributed by atoms with Crippen molar-refractivity contribution in [1.29, 1.82) is 0 Å². The zero-order chi connectivity index (χ0) is 13.7. The smallest absolute Gasteiger partial charge is 0.269 e. The molecule has 5 heteroatoms. The van der Waals surface area contributed by atoms with Gasteiger partial charge in [0.15, 0.2) is 0 Å². The summed E-state index contributed by atoms with van der Waals surface area (Å²) in [6.07, 6.45) is 7.62. The lowest BCUT2D eigenvalue weighted by molar-refractivity contribution is -0.384. The zero-order valence-corrected chi connectivity index (χ0v) is 10.2. The maximum atomic E-state index is 11.7. The molecule has 1 aliphatic rings. The molecule has 97 valence electrons. The molecule has 1 fully saturated rings. The number of carbonyl (C=O) groups is 1. The van der Waals surface area contributed by atoms with Crippen LogP contribution in [0.3, 0.4) is 0 Å². The van der Waals surface area contributed by atoms with E-state index in [0.29, 0.717) is 18.9 Å². The second kappa shape index (κ2) is 6.31. The minimum atomic E-state index is -0.442. The van der Waals surface area contributed by atoms with Crippen molar-refractivity contribution in [3.63, 3.8) is 0 Å². The third kappa shape index (κ3) is 3.77. The molecule has 5 radical (unpaired) electrons. The number of anilines is 1. The minimum Gasteiger partial charge on any atom is -0.385 e. The van der Waals surface area contributed by atoms with Gasteiger partial charge in [-0.2, -0.15) is 0 Å². The number of benzene rings is 1. The van der Waals surface area contributed by atoms with Gasteiger partial charge in [0.05, 0.1) is 4.92 Å². The summed E-state index contributed by atoms with van der Waals surface area (Å²) in [4.78, 5) is 21.8. The molecule has 0 aliphatic heterocycles. The van der Waals surface area contributed by atoms with Crippen molar-refractivity contribution in [2.75, 3.05) is 11.9 Å². The number of nitro groups is 1. The first kappa shape index (κ1) is 13.5. The van der Waals surface area contributed by atoms with Crippen LogP contribution < -0.4 is 5.32 Å². The molecule has 19 heavy (non-hydrogen) atoms. The van der Waals surface area contributed by atoms with E-state index in [0.717, 1.165) is 5.69 Å². The van der Waals surface area contributed by atoms with Crippen molar-refractivity contribution in [3.8, 4) is 0 Å². The van der Waals surface area contributed by atoms with Crippen LogP contribution in [0.4, 0.5) is 11.4 Å². The van der Waals surface area contributed by atoms with Gasteiger partial charge in [0.2, 0.25) is 0 Å². The lowest BCUT2D eigenvalue weighted by Gasteiger charge is -2.08. The Balaban J connectivity index is 1.75. The van der Waals surface area contributed by atoms with E-state index in [-0.39, 0.29) is 11.5 Å². The highest BCUT2D eigenvalue weighted by molar-refractivity contribution is 5.97. The number of carbonyl (C=O) groups excluding carboxylic acids is 1. The molecule has 0 saturated heterocycles. The van der Waals surface area contributed by atoms with Crippen molar-refractivity contribution in [2.24, 2.45) is 0 Å². The molecule has 5 nitrogen and oxygen atoms in total. The lowest BCUT2D eigenvalue weighted by Crippen LogP contribution is -2.14. The highest BCUT2D eigenvalue weighted by Crippen LogP contribution is 2.24. The van der Waals surface area contributed by atoms with Crippen LogP contribution in [0.2, 0.25) is 0 Å². The lowest BCUT2D eigenvalue weighted by atomic mass is 10.0. The Morgan fingerprint density at radius 1 is 1.16 bits per heavy atom. The molecule has 0 unspecified atom stereocenters. The Morgan fingerprint density at radius 3 is 2.37 bits per heavy atom. The number of nitrogens with one attached hydrogen (secondary N) is 1. The molecular formula is C14H13N2O3. The molecule has 1 N–H and O–H groups in total. The number of Topliss-reactive ketones (excluding diaryl/α,β-unsaturated/α-hetero) is 1. The van der Waals surface area contributed by atoms with Crippen LogP contribution in [0.5, 0.6) is 0 Å². The van der Waals surface area contributed by atoms with Crippen LogP contribution >= 0.6 is 0 Å². The first-order valence-corrected chi connectivity index (χ1v) is 5.90. The summed E-state index contributed by atoms with van der Waals surface area (Å²) in [5.41, 5.74) is 0.819. The number of non-ortho nitro benzene ring substituents is 1. The van der Waals surface area contributed by atoms with Gasteiger partial charge in [-0.05, 0) is 37.8 Å². The SMILES string of the molecule is O=C(CCNc1ccc([N+](=O)[O-])cc1)[C]1[CH][CH][CH][CH]1. The molecule has 2 rings (SSSR count). The van der Waals surface area contributed by atoms with E-state index in [2.05, 4.69) is 5.32 Å². The van der Waals surface area contributed by atoms with Gasteiger partial charge < -0.3 is 5.32 Å². The van der Waals surface area contributed by atoms with E-state index < -0.39 is 4.92 Å². The van der Waals surface area contributed by atoms with Gasteiger partial charge in [0, 0.05) is 36.7 Å². The molecular weight excluding hydrogens is 244 g/mol. The summed E-state index contributed by atoms with van der Waals surface area (Å²) in [7, 11) is 0. The quantitative estimate of drug-likeness (QED) is 0.627. The summed E-state index contributed by atoms with van der Waals surface area (Å²) < 4.78 is 0. The van der Waals surface area contributed by atoms with Gasteiger partial charge in [-0.25, -0.2) is 0 Å². The molecule has 1 aromatic carbocycles. The van der Waals surface area contributed by atoms with E-state index >= 15 is 0 Å². The number of nitro benzene ring substituents is 1. The molecule has 0 atom stereocenters. The molecule has 0 spiro atoms. The molecule has 1 aliphatic carbocycles. The number of ketones is 1. The van der Waals surface area contributed by atoms with Gasteiger partial charge in [-0.15, -0.1) is 0 Å². The second-order valence-corrected chi connectivity index (χ2v) is 4.08. The summed E-state index contributed by atoms with van der Waals surface area (Å²) in [6, 6.07) is 6.12. The highest BCUT2D eigenvalue weighted by atomic mass is 16.6. The van der Waals surface area contributed by atoms with E-state index in [1.165, 1.54) is 12.1 Å². The number of rotatable bonds is 6. The largest absolute Gasteiger partial charge is 0.385 e. The molecule has 0 amide bonds. The third-order valence-electron chi connectivity index (χ3n) is 2.74. The topological polar surface area (TPSA) is 72.2 Å². The summed E-state index contributed by atoms with van der Waals surface area (Å²) in [5.74, 6) is 0.796. The van der Waals surface area contributed by atoms with Crippen molar-refractivity contribution >= 4 is 17.2 Å². The first-order valence-electron chi connectivity index (χ1n) is 5.90. The highest BCUT2D eigenvalue weighted by Gasteiger charge is 2.23. The number of nitrogens with zero attached hydrogens (tertiary/aromatic N) is 1. The molecule has 0 bridgehead atoms. The van der Waals surface area contributed by atoms with E-state index in [1.807, 2.05) is 12.8 Å². The fourth-order valence-corrected chi connectivity index (χ4v) is 1.73. The van der Waals surface area contributed by atoms with Gasteiger partial charge in [0.25, 0.3) is 5.69 Å². The Bertz CT molecular complexity index is 450. The zero-order valence-electron chi connectivity index (χ0n) is 10.2. The van der Waals surface area contributed by atoms with E-state index in [1.54, 1.807) is 25.0 Å². The predicted octanol–water partition coefficient (Wildman–Crippen LogP) is 2.37.